The maximum atomic E-state index is 11.0. The molecule has 0 aromatic rings. The van der Waals surface area contributed by atoms with Crippen molar-refractivity contribution in [3.05, 3.63) is 0 Å². The average molecular weight is 207 g/mol. The molecule has 5 nitrogen and oxygen atoms in total. The van der Waals surface area contributed by atoms with Gasteiger partial charge in [0, 0.05) is 0 Å². The second-order valence-corrected chi connectivity index (χ2v) is 5.66. The molecule has 1 aliphatic heterocycles. The highest BCUT2D eigenvalue weighted by molar-refractivity contribution is 7.91. The lowest BCUT2D eigenvalue weighted by Gasteiger charge is -2.24. The lowest BCUT2D eigenvalue weighted by Crippen LogP contribution is -2.41. The molecule has 1 unspecified atom stereocenters. The van der Waals surface area contributed by atoms with E-state index in [9.17, 15) is 13.2 Å². The lowest BCUT2D eigenvalue weighted by molar-refractivity contribution is -0.139. The van der Waals surface area contributed by atoms with Crippen molar-refractivity contribution in [3.8, 4) is 0 Å². The smallest absolute Gasteiger partial charge is 0.320 e. The third-order valence-corrected chi connectivity index (χ3v) is 4.11. The van der Waals surface area contributed by atoms with Crippen LogP contribution in [-0.4, -0.2) is 37.0 Å². The molecule has 0 radical (unpaired) electrons. The first-order valence-electron chi connectivity index (χ1n) is 4.11. The number of hydrogen-bond acceptors (Lipinski definition) is 4. The van der Waals surface area contributed by atoms with Crippen molar-refractivity contribution in [3.63, 3.8) is 0 Å². The van der Waals surface area contributed by atoms with Gasteiger partial charge in [-0.15, -0.1) is 0 Å². The summed E-state index contributed by atoms with van der Waals surface area (Å²) in [4.78, 5) is 10.5. The zero-order valence-corrected chi connectivity index (χ0v) is 7.96. The van der Waals surface area contributed by atoms with Crippen molar-refractivity contribution in [1.29, 1.82) is 0 Å². The van der Waals surface area contributed by atoms with Gasteiger partial charge in [-0.2, -0.15) is 0 Å². The summed E-state index contributed by atoms with van der Waals surface area (Å²) in [5, 5.41) is 8.59. The Balaban J connectivity index is 2.55. The Morgan fingerprint density at radius 3 is 2.23 bits per heavy atom. The van der Waals surface area contributed by atoms with Crippen molar-refractivity contribution < 1.29 is 18.3 Å². The summed E-state index contributed by atoms with van der Waals surface area (Å²) in [5.74, 6) is -1.11. The summed E-state index contributed by atoms with van der Waals surface area (Å²) in [5.41, 5.74) is 5.39. The number of rotatable bonds is 2. The fourth-order valence-corrected chi connectivity index (χ4v) is 3.00. The van der Waals surface area contributed by atoms with Gasteiger partial charge in [-0.05, 0) is 18.8 Å². The fourth-order valence-electron chi connectivity index (χ4n) is 1.47. The standard InChI is InChI=1S/C7H13NO4S/c8-6(7(9)10)5-1-3-13(11,12)4-2-5/h5-6H,1-4,8H2,(H,9,10). The highest BCUT2D eigenvalue weighted by Gasteiger charge is 2.30. The molecule has 0 aromatic carbocycles. The Labute approximate surface area is 76.8 Å². The minimum Gasteiger partial charge on any atom is -0.480 e. The van der Waals surface area contributed by atoms with Gasteiger partial charge in [0.1, 0.15) is 15.9 Å². The minimum absolute atomic E-state index is 0.0681. The molecule has 13 heavy (non-hydrogen) atoms. The zero-order chi connectivity index (χ0) is 10.1. The molecule has 1 atom stereocenters. The van der Waals surface area contributed by atoms with E-state index in [1.807, 2.05) is 0 Å². The first-order valence-corrected chi connectivity index (χ1v) is 5.93. The highest BCUT2D eigenvalue weighted by Crippen LogP contribution is 2.21. The maximum Gasteiger partial charge on any atom is 0.320 e. The molecule has 1 rings (SSSR count). The van der Waals surface area contributed by atoms with Gasteiger partial charge in [0.15, 0.2) is 0 Å². The van der Waals surface area contributed by atoms with Crippen LogP contribution in [0.15, 0.2) is 0 Å². The summed E-state index contributed by atoms with van der Waals surface area (Å²) < 4.78 is 22.0. The van der Waals surface area contributed by atoms with Crippen LogP contribution in [-0.2, 0) is 14.6 Å². The third kappa shape index (κ3) is 2.67. The van der Waals surface area contributed by atoms with E-state index in [0.29, 0.717) is 12.8 Å². The fraction of sp³-hybridized carbons (Fsp3) is 0.857. The van der Waals surface area contributed by atoms with Crippen molar-refractivity contribution in [2.24, 2.45) is 11.7 Å². The molecule has 0 aromatic heterocycles. The molecule has 0 saturated carbocycles. The summed E-state index contributed by atoms with van der Waals surface area (Å²) in [6.07, 6.45) is 0.742. The number of nitrogens with two attached hydrogens (primary N) is 1. The molecular weight excluding hydrogens is 194 g/mol. The largest absolute Gasteiger partial charge is 0.480 e. The monoisotopic (exact) mass is 207 g/mol. The van der Waals surface area contributed by atoms with Crippen LogP contribution in [0.1, 0.15) is 12.8 Å². The van der Waals surface area contributed by atoms with Crippen LogP contribution in [0.5, 0.6) is 0 Å². The van der Waals surface area contributed by atoms with Crippen molar-refractivity contribution >= 4 is 15.8 Å². The van der Waals surface area contributed by atoms with Crippen LogP contribution in [0.25, 0.3) is 0 Å². The van der Waals surface area contributed by atoms with Crippen molar-refractivity contribution in [2.45, 2.75) is 18.9 Å². The Morgan fingerprint density at radius 1 is 1.38 bits per heavy atom. The second-order valence-electron chi connectivity index (χ2n) is 3.35. The lowest BCUT2D eigenvalue weighted by atomic mass is 9.94. The van der Waals surface area contributed by atoms with E-state index in [-0.39, 0.29) is 17.4 Å². The van der Waals surface area contributed by atoms with Crippen LogP contribution in [0.4, 0.5) is 0 Å². The second kappa shape index (κ2) is 3.63. The van der Waals surface area contributed by atoms with E-state index in [1.165, 1.54) is 0 Å². The quantitative estimate of drug-likeness (QED) is 0.619. The zero-order valence-electron chi connectivity index (χ0n) is 7.14. The Kier molecular flexibility index (Phi) is 2.92. The topological polar surface area (TPSA) is 97.5 Å². The van der Waals surface area contributed by atoms with E-state index in [4.69, 9.17) is 10.8 Å². The number of sulfone groups is 1. The molecule has 76 valence electrons. The van der Waals surface area contributed by atoms with E-state index in [0.717, 1.165) is 0 Å². The van der Waals surface area contributed by atoms with Crippen LogP contribution in [0, 0.1) is 5.92 Å². The van der Waals surface area contributed by atoms with Gasteiger partial charge in [0.2, 0.25) is 0 Å². The molecule has 0 spiro atoms. The van der Waals surface area contributed by atoms with Crippen molar-refractivity contribution in [1.82, 2.24) is 0 Å². The molecule has 3 N–H and O–H groups in total. The molecule has 1 aliphatic rings. The summed E-state index contributed by atoms with van der Waals surface area (Å²) in [7, 11) is -2.92. The van der Waals surface area contributed by atoms with Gasteiger partial charge in [0.05, 0.1) is 11.5 Å². The molecule has 0 bridgehead atoms. The average Bonchev–Trinajstić information content (AvgIpc) is 2.03. The van der Waals surface area contributed by atoms with Crippen LogP contribution in [0.2, 0.25) is 0 Å². The van der Waals surface area contributed by atoms with E-state index >= 15 is 0 Å². The molecule has 0 aliphatic carbocycles. The normalized spacial score (nSPS) is 25.3. The molecule has 0 amide bonds. The molecule has 6 heteroatoms. The molecular formula is C7H13NO4S. The first-order chi connectivity index (χ1) is 5.92. The first kappa shape index (κ1) is 10.5. The number of hydrogen-bond donors (Lipinski definition) is 2. The maximum absolute atomic E-state index is 11.0. The van der Waals surface area contributed by atoms with Crippen molar-refractivity contribution in [2.75, 3.05) is 11.5 Å². The van der Waals surface area contributed by atoms with Gasteiger partial charge in [-0.25, -0.2) is 8.42 Å². The Bertz CT molecular complexity index is 284. The Morgan fingerprint density at radius 2 is 1.85 bits per heavy atom. The van der Waals surface area contributed by atoms with E-state index in [1.54, 1.807) is 0 Å². The van der Waals surface area contributed by atoms with Gasteiger partial charge in [0.25, 0.3) is 0 Å². The van der Waals surface area contributed by atoms with Gasteiger partial charge >= 0.3 is 5.97 Å². The number of carboxylic acid groups (broad SMARTS) is 1. The summed E-state index contributed by atoms with van der Waals surface area (Å²) >= 11 is 0. The molecule has 1 fully saturated rings. The third-order valence-electron chi connectivity index (χ3n) is 2.39. The summed E-state index contributed by atoms with van der Waals surface area (Å²) in [6, 6.07) is -0.921. The molecule has 1 heterocycles. The predicted molar refractivity (Wildman–Crippen MR) is 47.0 cm³/mol. The number of carboxylic acids is 1. The van der Waals surface area contributed by atoms with Crippen LogP contribution < -0.4 is 5.73 Å². The van der Waals surface area contributed by atoms with Gasteiger partial charge in [-0.1, -0.05) is 0 Å². The highest BCUT2D eigenvalue weighted by atomic mass is 32.2. The minimum atomic E-state index is -2.92. The number of carbonyl (C=O) groups is 1. The van der Waals surface area contributed by atoms with Crippen LogP contribution in [0.3, 0.4) is 0 Å². The van der Waals surface area contributed by atoms with Crippen LogP contribution >= 0.6 is 0 Å². The van der Waals surface area contributed by atoms with E-state index < -0.39 is 21.8 Å². The Hall–Kier alpha value is -0.620. The SMILES string of the molecule is NC(C(=O)O)C1CCS(=O)(=O)CC1. The van der Waals surface area contributed by atoms with Gasteiger partial charge < -0.3 is 10.8 Å². The van der Waals surface area contributed by atoms with Gasteiger partial charge in [-0.3, -0.25) is 4.79 Å². The van der Waals surface area contributed by atoms with E-state index in [2.05, 4.69) is 0 Å². The number of aliphatic carboxylic acids is 1. The summed E-state index contributed by atoms with van der Waals surface area (Å²) in [6.45, 7) is 0. The molecule has 1 saturated heterocycles. The predicted octanol–water partition coefficient (Wildman–Crippen LogP) is -0.777.